The first-order chi connectivity index (χ1) is 16.0. The van der Waals surface area contributed by atoms with Crippen molar-refractivity contribution in [2.45, 2.75) is 63.2 Å². The summed E-state index contributed by atoms with van der Waals surface area (Å²) in [6, 6.07) is 1.79. The van der Waals surface area contributed by atoms with Crippen molar-refractivity contribution in [1.82, 2.24) is 15.5 Å². The second-order valence-corrected chi connectivity index (χ2v) is 8.24. The van der Waals surface area contributed by atoms with Crippen LogP contribution in [0.2, 0.25) is 0 Å². The third-order valence-electron chi connectivity index (χ3n) is 5.50. The summed E-state index contributed by atoms with van der Waals surface area (Å²) in [6.07, 6.45) is 0.117. The number of phenols is 1. The number of phenolic OH excluding ortho intramolecular Hbond substituents is 1. The molecule has 0 aliphatic carbocycles. The number of rotatable bonds is 11. The van der Waals surface area contributed by atoms with Crippen LogP contribution < -0.4 is 16.4 Å². The van der Waals surface area contributed by atoms with Crippen LogP contribution in [0.4, 0.5) is 0 Å². The molecule has 1 aromatic rings. The van der Waals surface area contributed by atoms with Crippen LogP contribution in [0.5, 0.6) is 5.75 Å². The van der Waals surface area contributed by atoms with E-state index in [-0.39, 0.29) is 31.6 Å². The van der Waals surface area contributed by atoms with E-state index in [9.17, 15) is 34.2 Å². The Hall–Kier alpha value is -3.67. The molecule has 1 aliphatic rings. The molecule has 7 N–H and O–H groups in total. The first-order valence-electron chi connectivity index (χ1n) is 10.9. The van der Waals surface area contributed by atoms with Crippen LogP contribution in [0.3, 0.4) is 0 Å². The second-order valence-electron chi connectivity index (χ2n) is 8.24. The Bertz CT molecular complexity index is 918. The molecule has 4 atom stereocenters. The van der Waals surface area contributed by atoms with E-state index < -0.39 is 60.2 Å². The van der Waals surface area contributed by atoms with Crippen molar-refractivity contribution < 1.29 is 39.3 Å². The molecule has 3 amide bonds. The molecule has 0 radical (unpaired) electrons. The molecule has 0 aromatic heterocycles. The fourth-order valence-electron chi connectivity index (χ4n) is 3.67. The first kappa shape index (κ1) is 26.6. The molecule has 1 aromatic carbocycles. The SMILES string of the molecule is CC(N)C(=O)NC(Cc1ccc(O)cc1)C(=O)N1CCCC1C(=O)NC(CCC(=O)O)C(=O)O. The van der Waals surface area contributed by atoms with Gasteiger partial charge in [-0.2, -0.15) is 0 Å². The van der Waals surface area contributed by atoms with Crippen LogP contribution in [0.15, 0.2) is 24.3 Å². The molecule has 1 saturated heterocycles. The lowest BCUT2D eigenvalue weighted by molar-refractivity contribution is -0.145. The zero-order valence-electron chi connectivity index (χ0n) is 18.8. The Morgan fingerprint density at radius 3 is 2.29 bits per heavy atom. The summed E-state index contributed by atoms with van der Waals surface area (Å²) < 4.78 is 0. The molecule has 1 heterocycles. The molecule has 1 aliphatic heterocycles. The Balaban J connectivity index is 2.18. The van der Waals surface area contributed by atoms with Gasteiger partial charge in [0, 0.05) is 19.4 Å². The molecule has 2 rings (SSSR count). The fourth-order valence-corrected chi connectivity index (χ4v) is 3.67. The number of likely N-dealkylation sites (tertiary alicyclic amines) is 1. The van der Waals surface area contributed by atoms with E-state index in [1.807, 2.05) is 0 Å². The summed E-state index contributed by atoms with van der Waals surface area (Å²) in [5, 5.41) is 32.5. The van der Waals surface area contributed by atoms with E-state index in [1.165, 1.54) is 24.0 Å². The Morgan fingerprint density at radius 1 is 1.09 bits per heavy atom. The number of nitrogens with zero attached hydrogens (tertiary/aromatic N) is 1. The number of carbonyl (C=O) groups excluding carboxylic acids is 3. The van der Waals surface area contributed by atoms with E-state index in [2.05, 4.69) is 10.6 Å². The van der Waals surface area contributed by atoms with Gasteiger partial charge in [-0.25, -0.2) is 4.79 Å². The molecule has 1 fully saturated rings. The highest BCUT2D eigenvalue weighted by atomic mass is 16.4. The molecule has 4 unspecified atom stereocenters. The van der Waals surface area contributed by atoms with Crippen LogP contribution in [0, 0.1) is 0 Å². The molecule has 0 saturated carbocycles. The van der Waals surface area contributed by atoms with E-state index in [0.717, 1.165) is 0 Å². The van der Waals surface area contributed by atoms with Crippen LogP contribution in [-0.2, 0) is 30.4 Å². The summed E-state index contributed by atoms with van der Waals surface area (Å²) in [7, 11) is 0. The maximum Gasteiger partial charge on any atom is 0.326 e. The van der Waals surface area contributed by atoms with Crippen molar-refractivity contribution in [3.8, 4) is 5.75 Å². The number of aliphatic carboxylic acids is 2. The van der Waals surface area contributed by atoms with E-state index in [0.29, 0.717) is 12.0 Å². The van der Waals surface area contributed by atoms with Crippen molar-refractivity contribution in [2.24, 2.45) is 5.73 Å². The summed E-state index contributed by atoms with van der Waals surface area (Å²) in [6.45, 7) is 1.69. The van der Waals surface area contributed by atoms with Gasteiger partial charge in [-0.3, -0.25) is 19.2 Å². The quantitative estimate of drug-likeness (QED) is 0.235. The average molecular weight is 479 g/mol. The zero-order valence-corrected chi connectivity index (χ0v) is 18.8. The molecule has 0 spiro atoms. The van der Waals surface area contributed by atoms with Crippen molar-refractivity contribution in [1.29, 1.82) is 0 Å². The van der Waals surface area contributed by atoms with Gasteiger partial charge in [0.15, 0.2) is 0 Å². The van der Waals surface area contributed by atoms with E-state index >= 15 is 0 Å². The van der Waals surface area contributed by atoms with Gasteiger partial charge >= 0.3 is 11.9 Å². The minimum atomic E-state index is -1.41. The predicted molar refractivity (Wildman–Crippen MR) is 119 cm³/mol. The number of carboxylic acids is 2. The third kappa shape index (κ3) is 7.44. The minimum absolute atomic E-state index is 0.0402. The number of amides is 3. The number of benzene rings is 1. The highest BCUT2D eigenvalue weighted by molar-refractivity contribution is 5.94. The number of nitrogens with one attached hydrogen (secondary N) is 2. The summed E-state index contributed by atoms with van der Waals surface area (Å²) in [5.41, 5.74) is 6.28. The van der Waals surface area contributed by atoms with Crippen LogP contribution in [0.1, 0.15) is 38.2 Å². The van der Waals surface area contributed by atoms with Crippen LogP contribution >= 0.6 is 0 Å². The topological polar surface area (TPSA) is 199 Å². The molecule has 186 valence electrons. The molecule has 0 bridgehead atoms. The zero-order chi connectivity index (χ0) is 25.4. The number of hydrogen-bond donors (Lipinski definition) is 6. The number of hydrogen-bond acceptors (Lipinski definition) is 7. The monoisotopic (exact) mass is 478 g/mol. The van der Waals surface area contributed by atoms with Gasteiger partial charge in [0.25, 0.3) is 0 Å². The van der Waals surface area contributed by atoms with Gasteiger partial charge in [0.05, 0.1) is 6.04 Å². The van der Waals surface area contributed by atoms with Gasteiger partial charge < -0.3 is 36.6 Å². The number of aromatic hydroxyl groups is 1. The molecular formula is C22H30N4O8. The maximum atomic E-state index is 13.4. The molecular weight excluding hydrogens is 448 g/mol. The lowest BCUT2D eigenvalue weighted by atomic mass is 10.0. The Kier molecular flexibility index (Phi) is 9.36. The first-order valence-corrected chi connectivity index (χ1v) is 10.9. The smallest absolute Gasteiger partial charge is 0.326 e. The van der Waals surface area contributed by atoms with Crippen LogP contribution in [0.25, 0.3) is 0 Å². The summed E-state index contributed by atoms with van der Waals surface area (Å²) in [5.74, 6) is -4.32. The average Bonchev–Trinajstić information content (AvgIpc) is 3.26. The van der Waals surface area contributed by atoms with Gasteiger partial charge in [-0.15, -0.1) is 0 Å². The predicted octanol–water partition coefficient (Wildman–Crippen LogP) is -0.808. The maximum absolute atomic E-state index is 13.4. The van der Waals surface area contributed by atoms with Crippen molar-refractivity contribution in [3.63, 3.8) is 0 Å². The van der Waals surface area contributed by atoms with Crippen LogP contribution in [-0.4, -0.2) is 80.6 Å². The molecule has 12 nitrogen and oxygen atoms in total. The normalized spacial score (nSPS) is 17.9. The van der Waals surface area contributed by atoms with Gasteiger partial charge in [-0.1, -0.05) is 12.1 Å². The van der Waals surface area contributed by atoms with Gasteiger partial charge in [0.2, 0.25) is 17.7 Å². The number of carbonyl (C=O) groups is 5. The van der Waals surface area contributed by atoms with Gasteiger partial charge in [0.1, 0.15) is 23.9 Å². The Morgan fingerprint density at radius 2 is 1.74 bits per heavy atom. The third-order valence-corrected chi connectivity index (χ3v) is 5.50. The fraction of sp³-hybridized carbons (Fsp3) is 0.500. The van der Waals surface area contributed by atoms with Crippen molar-refractivity contribution in [2.75, 3.05) is 6.54 Å². The molecule has 34 heavy (non-hydrogen) atoms. The number of nitrogens with two attached hydrogens (primary N) is 1. The highest BCUT2D eigenvalue weighted by Crippen LogP contribution is 2.21. The lowest BCUT2D eigenvalue weighted by Crippen LogP contribution is -2.57. The summed E-state index contributed by atoms with van der Waals surface area (Å²) in [4.78, 5) is 61.9. The minimum Gasteiger partial charge on any atom is -0.508 e. The van der Waals surface area contributed by atoms with Gasteiger partial charge in [-0.05, 0) is 43.9 Å². The largest absolute Gasteiger partial charge is 0.508 e. The highest BCUT2D eigenvalue weighted by Gasteiger charge is 2.39. The molecule has 12 heteroatoms. The Labute approximate surface area is 196 Å². The van der Waals surface area contributed by atoms with Crippen molar-refractivity contribution in [3.05, 3.63) is 29.8 Å². The second kappa shape index (κ2) is 12.0. The van der Waals surface area contributed by atoms with E-state index in [1.54, 1.807) is 12.1 Å². The van der Waals surface area contributed by atoms with E-state index in [4.69, 9.17) is 10.8 Å². The van der Waals surface area contributed by atoms with Crippen molar-refractivity contribution >= 4 is 29.7 Å². The summed E-state index contributed by atoms with van der Waals surface area (Å²) >= 11 is 0. The lowest BCUT2D eigenvalue weighted by Gasteiger charge is -2.30. The number of carboxylic acid groups (broad SMARTS) is 2. The standard InChI is InChI=1S/C22H30N4O8/c1-12(23)19(30)25-16(11-13-4-6-14(27)7-5-13)21(32)26-10-2-3-17(26)20(31)24-15(22(33)34)8-9-18(28)29/h4-7,12,15-17,27H,2-3,8-11,23H2,1H3,(H,24,31)(H,25,30)(H,28,29)(H,33,34).